The van der Waals surface area contributed by atoms with E-state index in [2.05, 4.69) is 32.2 Å². The maximum atomic E-state index is 6.25. The molecule has 1 aliphatic heterocycles. The molecule has 0 amide bonds. The quantitative estimate of drug-likeness (QED) is 0.880. The maximum absolute atomic E-state index is 6.25. The lowest BCUT2D eigenvalue weighted by Crippen LogP contribution is -2.41. The number of rotatable bonds is 5. The van der Waals surface area contributed by atoms with E-state index in [0.717, 1.165) is 30.9 Å². The van der Waals surface area contributed by atoms with Gasteiger partial charge >= 0.3 is 0 Å². The maximum Gasteiger partial charge on any atom is 0.128 e. The van der Waals surface area contributed by atoms with Crippen molar-refractivity contribution in [1.82, 2.24) is 5.32 Å². The molecule has 0 saturated carbocycles. The van der Waals surface area contributed by atoms with Gasteiger partial charge in [-0.2, -0.15) is 0 Å². The van der Waals surface area contributed by atoms with Crippen molar-refractivity contribution in [3.63, 3.8) is 0 Å². The van der Waals surface area contributed by atoms with E-state index in [1.165, 1.54) is 5.56 Å². The molecule has 2 rings (SSSR count). The van der Waals surface area contributed by atoms with Crippen LogP contribution in [-0.4, -0.2) is 18.2 Å². The molecule has 1 aromatic carbocycles. The van der Waals surface area contributed by atoms with Gasteiger partial charge in [-0.05, 0) is 39.8 Å². The van der Waals surface area contributed by atoms with E-state index in [-0.39, 0.29) is 11.7 Å². The number of hydrogen-bond donors (Lipinski definition) is 1. The molecule has 0 aromatic heterocycles. The standard InChI is InChI=1S/C17H27NO2/c1-6-17(5)11-15(18-7-2)14-9-8-13(19-12(3)4)10-16(14)20-17/h8-10,12,15,18H,6-7,11H2,1-5H3. The van der Waals surface area contributed by atoms with Gasteiger partial charge in [-0.1, -0.05) is 19.9 Å². The molecular weight excluding hydrogens is 250 g/mol. The third-order valence-corrected chi connectivity index (χ3v) is 3.92. The molecule has 2 unspecified atom stereocenters. The lowest BCUT2D eigenvalue weighted by Gasteiger charge is -2.40. The summed E-state index contributed by atoms with van der Waals surface area (Å²) in [7, 11) is 0. The largest absolute Gasteiger partial charge is 0.491 e. The normalized spacial score (nSPS) is 25.2. The fourth-order valence-electron chi connectivity index (χ4n) is 2.73. The minimum Gasteiger partial charge on any atom is -0.491 e. The van der Waals surface area contributed by atoms with Gasteiger partial charge in [0.1, 0.15) is 17.1 Å². The van der Waals surface area contributed by atoms with Crippen molar-refractivity contribution in [3.05, 3.63) is 23.8 Å². The van der Waals surface area contributed by atoms with Crippen molar-refractivity contribution in [1.29, 1.82) is 0 Å². The van der Waals surface area contributed by atoms with Crippen molar-refractivity contribution in [2.24, 2.45) is 0 Å². The predicted molar refractivity (Wildman–Crippen MR) is 82.6 cm³/mol. The Kier molecular flexibility index (Phi) is 4.59. The van der Waals surface area contributed by atoms with Crippen LogP contribution in [0.4, 0.5) is 0 Å². The molecule has 3 heteroatoms. The van der Waals surface area contributed by atoms with Crippen LogP contribution in [0.25, 0.3) is 0 Å². The van der Waals surface area contributed by atoms with Gasteiger partial charge in [0.05, 0.1) is 6.10 Å². The highest BCUT2D eigenvalue weighted by Gasteiger charge is 2.35. The predicted octanol–water partition coefficient (Wildman–Crippen LogP) is 4.08. The fourth-order valence-corrected chi connectivity index (χ4v) is 2.73. The van der Waals surface area contributed by atoms with Crippen LogP contribution in [-0.2, 0) is 0 Å². The minimum absolute atomic E-state index is 0.101. The molecule has 0 aliphatic carbocycles. The Morgan fingerprint density at radius 2 is 2.15 bits per heavy atom. The Hall–Kier alpha value is -1.22. The number of ether oxygens (including phenoxy) is 2. The third kappa shape index (κ3) is 3.26. The number of benzene rings is 1. The summed E-state index contributed by atoms with van der Waals surface area (Å²) in [6, 6.07) is 6.57. The van der Waals surface area contributed by atoms with Gasteiger partial charge in [-0.3, -0.25) is 0 Å². The van der Waals surface area contributed by atoms with Crippen LogP contribution in [0.3, 0.4) is 0 Å². The highest BCUT2D eigenvalue weighted by Crippen LogP contribution is 2.42. The summed E-state index contributed by atoms with van der Waals surface area (Å²) in [6.07, 6.45) is 2.19. The molecule has 2 atom stereocenters. The van der Waals surface area contributed by atoms with Gasteiger partial charge in [-0.25, -0.2) is 0 Å². The minimum atomic E-state index is -0.101. The van der Waals surface area contributed by atoms with Gasteiger partial charge < -0.3 is 14.8 Å². The average molecular weight is 277 g/mol. The highest BCUT2D eigenvalue weighted by molar-refractivity contribution is 5.44. The van der Waals surface area contributed by atoms with Crippen molar-refractivity contribution in [3.8, 4) is 11.5 Å². The van der Waals surface area contributed by atoms with Gasteiger partial charge in [0.15, 0.2) is 0 Å². The van der Waals surface area contributed by atoms with Crippen molar-refractivity contribution in [2.45, 2.75) is 65.2 Å². The van der Waals surface area contributed by atoms with Gasteiger partial charge in [-0.15, -0.1) is 0 Å². The van der Waals surface area contributed by atoms with E-state index < -0.39 is 0 Å². The number of fused-ring (bicyclic) bond motifs is 1. The first-order valence-corrected chi connectivity index (χ1v) is 7.70. The zero-order valence-corrected chi connectivity index (χ0v) is 13.3. The van der Waals surface area contributed by atoms with Gasteiger partial charge in [0.2, 0.25) is 0 Å². The first kappa shape index (κ1) is 15.2. The second-order valence-electron chi connectivity index (χ2n) is 6.09. The van der Waals surface area contributed by atoms with Crippen LogP contribution in [0.1, 0.15) is 59.1 Å². The van der Waals surface area contributed by atoms with Crippen LogP contribution in [0.5, 0.6) is 11.5 Å². The Labute approximate surface area is 122 Å². The first-order valence-electron chi connectivity index (χ1n) is 7.70. The average Bonchev–Trinajstić information content (AvgIpc) is 2.38. The Bertz CT molecular complexity index is 458. The monoisotopic (exact) mass is 277 g/mol. The smallest absolute Gasteiger partial charge is 0.128 e. The molecule has 1 N–H and O–H groups in total. The second kappa shape index (κ2) is 6.04. The molecule has 1 aliphatic rings. The molecule has 1 heterocycles. The summed E-state index contributed by atoms with van der Waals surface area (Å²) in [5.74, 6) is 1.85. The van der Waals surface area contributed by atoms with E-state index in [0.29, 0.717) is 6.04 Å². The molecule has 0 saturated heterocycles. The van der Waals surface area contributed by atoms with Crippen LogP contribution < -0.4 is 14.8 Å². The van der Waals surface area contributed by atoms with E-state index >= 15 is 0 Å². The Morgan fingerprint density at radius 1 is 1.40 bits per heavy atom. The topological polar surface area (TPSA) is 30.5 Å². The Morgan fingerprint density at radius 3 is 2.75 bits per heavy atom. The first-order chi connectivity index (χ1) is 9.47. The van der Waals surface area contributed by atoms with Crippen LogP contribution in [0.2, 0.25) is 0 Å². The van der Waals surface area contributed by atoms with E-state index in [9.17, 15) is 0 Å². The second-order valence-corrected chi connectivity index (χ2v) is 6.09. The zero-order chi connectivity index (χ0) is 14.8. The zero-order valence-electron chi connectivity index (χ0n) is 13.3. The summed E-state index contributed by atoms with van der Waals surface area (Å²) >= 11 is 0. The molecule has 112 valence electrons. The lowest BCUT2D eigenvalue weighted by molar-refractivity contribution is 0.0441. The van der Waals surface area contributed by atoms with Crippen molar-refractivity contribution in [2.75, 3.05) is 6.54 Å². The van der Waals surface area contributed by atoms with Crippen LogP contribution in [0.15, 0.2) is 18.2 Å². The Balaban J connectivity index is 2.33. The van der Waals surface area contributed by atoms with Crippen LogP contribution >= 0.6 is 0 Å². The van der Waals surface area contributed by atoms with E-state index in [1.54, 1.807) is 0 Å². The van der Waals surface area contributed by atoms with Gasteiger partial charge in [0, 0.05) is 24.1 Å². The molecular formula is C17H27NO2. The van der Waals surface area contributed by atoms with E-state index in [4.69, 9.17) is 9.47 Å². The number of hydrogen-bond acceptors (Lipinski definition) is 3. The SMILES string of the molecule is CCNC1CC(C)(CC)Oc2cc(OC(C)C)ccc21. The molecule has 0 bridgehead atoms. The van der Waals surface area contributed by atoms with Gasteiger partial charge in [0.25, 0.3) is 0 Å². The molecule has 3 nitrogen and oxygen atoms in total. The summed E-state index contributed by atoms with van der Waals surface area (Å²) in [5.41, 5.74) is 1.14. The summed E-state index contributed by atoms with van der Waals surface area (Å²) < 4.78 is 12.0. The lowest BCUT2D eigenvalue weighted by atomic mass is 9.86. The highest BCUT2D eigenvalue weighted by atomic mass is 16.5. The fraction of sp³-hybridized carbons (Fsp3) is 0.647. The molecule has 0 radical (unpaired) electrons. The molecule has 0 fully saturated rings. The molecule has 1 aromatic rings. The summed E-state index contributed by atoms with van der Waals surface area (Å²) in [4.78, 5) is 0. The summed E-state index contributed by atoms with van der Waals surface area (Å²) in [6.45, 7) is 11.6. The van der Waals surface area contributed by atoms with Crippen molar-refractivity contribution < 1.29 is 9.47 Å². The van der Waals surface area contributed by atoms with E-state index in [1.807, 2.05) is 26.0 Å². The molecule has 20 heavy (non-hydrogen) atoms. The summed E-state index contributed by atoms with van der Waals surface area (Å²) in [5, 5.41) is 3.57. The third-order valence-electron chi connectivity index (χ3n) is 3.92. The molecule has 0 spiro atoms. The number of nitrogens with one attached hydrogen (secondary N) is 1. The van der Waals surface area contributed by atoms with Crippen molar-refractivity contribution >= 4 is 0 Å². The van der Waals surface area contributed by atoms with Crippen LogP contribution in [0, 0.1) is 0 Å².